The van der Waals surface area contributed by atoms with Crippen LogP contribution in [0.1, 0.15) is 20.8 Å². The first-order valence-corrected chi connectivity index (χ1v) is 8.85. The van der Waals surface area contributed by atoms with Gasteiger partial charge in [-0.25, -0.2) is 4.98 Å². The maximum absolute atomic E-state index is 11.1. The lowest BCUT2D eigenvalue weighted by molar-refractivity contribution is -0.114. The zero-order valence-electron chi connectivity index (χ0n) is 15.7. The van der Waals surface area contributed by atoms with E-state index in [0.29, 0.717) is 5.95 Å². The highest BCUT2D eigenvalue weighted by molar-refractivity contribution is 5.88. The van der Waals surface area contributed by atoms with Gasteiger partial charge < -0.3 is 16.0 Å². The summed E-state index contributed by atoms with van der Waals surface area (Å²) in [5.74, 6) is 1.17. The molecular formula is C21H23N5O. The van der Waals surface area contributed by atoms with E-state index < -0.39 is 0 Å². The number of benzene rings is 2. The Morgan fingerprint density at radius 2 is 1.59 bits per heavy atom. The van der Waals surface area contributed by atoms with Crippen LogP contribution >= 0.6 is 0 Å². The summed E-state index contributed by atoms with van der Waals surface area (Å²) in [5, 5.41) is 9.32. The molecule has 138 valence electrons. The normalized spacial score (nSPS) is 10.5. The van der Waals surface area contributed by atoms with E-state index in [-0.39, 0.29) is 11.9 Å². The van der Waals surface area contributed by atoms with Crippen molar-refractivity contribution in [1.82, 2.24) is 9.97 Å². The van der Waals surface area contributed by atoms with Crippen molar-refractivity contribution >= 4 is 29.0 Å². The highest BCUT2D eigenvalue weighted by atomic mass is 16.1. The number of nitrogens with zero attached hydrogens (tertiary/aromatic N) is 2. The smallest absolute Gasteiger partial charge is 0.229 e. The highest BCUT2D eigenvalue weighted by Gasteiger charge is 2.08. The second-order valence-corrected chi connectivity index (χ2v) is 6.51. The van der Waals surface area contributed by atoms with Crippen LogP contribution < -0.4 is 16.0 Å². The van der Waals surface area contributed by atoms with Gasteiger partial charge in [0.05, 0.1) is 5.69 Å². The minimum Gasteiger partial charge on any atom is -0.368 e. The van der Waals surface area contributed by atoms with E-state index in [1.165, 1.54) is 6.92 Å². The quantitative estimate of drug-likeness (QED) is 0.595. The fourth-order valence-corrected chi connectivity index (χ4v) is 2.60. The van der Waals surface area contributed by atoms with Gasteiger partial charge in [0.2, 0.25) is 11.9 Å². The summed E-state index contributed by atoms with van der Waals surface area (Å²) >= 11 is 0. The van der Waals surface area contributed by atoms with Gasteiger partial charge in [-0.3, -0.25) is 4.79 Å². The molecule has 3 aromatic rings. The fourth-order valence-electron chi connectivity index (χ4n) is 2.60. The summed E-state index contributed by atoms with van der Waals surface area (Å²) in [6.07, 6.45) is 0. The number of amides is 1. The molecule has 0 aliphatic heterocycles. The van der Waals surface area contributed by atoms with Crippen molar-refractivity contribution in [1.29, 1.82) is 0 Å². The first-order chi connectivity index (χ1) is 13.0. The van der Waals surface area contributed by atoms with Crippen molar-refractivity contribution in [2.24, 2.45) is 0 Å². The van der Waals surface area contributed by atoms with Crippen LogP contribution in [-0.2, 0) is 4.79 Å². The summed E-state index contributed by atoms with van der Waals surface area (Å²) in [5.41, 5.74) is 3.45. The summed E-state index contributed by atoms with van der Waals surface area (Å²) < 4.78 is 0. The predicted molar refractivity (Wildman–Crippen MR) is 110 cm³/mol. The molecule has 3 rings (SSSR count). The fraction of sp³-hybridized carbons (Fsp3) is 0.190. The van der Waals surface area contributed by atoms with Crippen LogP contribution in [0.2, 0.25) is 0 Å². The Kier molecular flexibility index (Phi) is 5.66. The zero-order chi connectivity index (χ0) is 19.2. The van der Waals surface area contributed by atoms with Crippen LogP contribution in [-0.4, -0.2) is 21.9 Å². The lowest BCUT2D eigenvalue weighted by Gasteiger charge is -2.13. The largest absolute Gasteiger partial charge is 0.368 e. The molecule has 0 bridgehead atoms. The van der Waals surface area contributed by atoms with E-state index in [0.717, 1.165) is 28.5 Å². The average Bonchev–Trinajstić information content (AvgIpc) is 2.63. The summed E-state index contributed by atoms with van der Waals surface area (Å²) in [7, 11) is 0. The Bertz CT molecular complexity index is 908. The van der Waals surface area contributed by atoms with Crippen molar-refractivity contribution in [2.75, 3.05) is 16.0 Å². The molecule has 0 aliphatic rings. The van der Waals surface area contributed by atoms with Crippen molar-refractivity contribution in [2.45, 2.75) is 26.8 Å². The number of nitrogens with one attached hydrogen (secondary N) is 3. The van der Waals surface area contributed by atoms with Gasteiger partial charge in [0.25, 0.3) is 0 Å². The standard InChI is InChI=1S/C21H23N5O/c1-14(2)22-20-13-19(16-7-5-4-6-8-16)25-21(26-20)24-18-11-9-17(10-12-18)23-15(3)27/h4-14H,1-3H3,(H,23,27)(H2,22,24,25,26). The number of anilines is 4. The molecule has 6 nitrogen and oxygen atoms in total. The molecule has 0 saturated heterocycles. The molecule has 1 heterocycles. The van der Waals surface area contributed by atoms with Crippen LogP contribution in [0.5, 0.6) is 0 Å². The number of carbonyl (C=O) groups is 1. The third kappa shape index (κ3) is 5.28. The maximum Gasteiger partial charge on any atom is 0.229 e. The minimum absolute atomic E-state index is 0.0981. The monoisotopic (exact) mass is 361 g/mol. The van der Waals surface area contributed by atoms with Gasteiger partial charge in [-0.15, -0.1) is 0 Å². The third-order valence-electron chi connectivity index (χ3n) is 3.69. The molecular weight excluding hydrogens is 338 g/mol. The maximum atomic E-state index is 11.1. The van der Waals surface area contributed by atoms with Crippen molar-refractivity contribution in [3.63, 3.8) is 0 Å². The number of aromatic nitrogens is 2. The third-order valence-corrected chi connectivity index (χ3v) is 3.69. The van der Waals surface area contributed by atoms with Crippen LogP contribution in [0.25, 0.3) is 11.3 Å². The van der Waals surface area contributed by atoms with Crippen LogP contribution in [0, 0.1) is 0 Å². The molecule has 0 unspecified atom stereocenters. The van der Waals surface area contributed by atoms with Gasteiger partial charge in [-0.05, 0) is 38.1 Å². The van der Waals surface area contributed by atoms with Crippen LogP contribution in [0.4, 0.5) is 23.1 Å². The van der Waals surface area contributed by atoms with E-state index in [1.807, 2.05) is 60.7 Å². The number of hydrogen-bond donors (Lipinski definition) is 3. The topological polar surface area (TPSA) is 78.9 Å². The van der Waals surface area contributed by atoms with Gasteiger partial charge in [0.15, 0.2) is 0 Å². The molecule has 27 heavy (non-hydrogen) atoms. The molecule has 2 aromatic carbocycles. The van der Waals surface area contributed by atoms with Gasteiger partial charge >= 0.3 is 0 Å². The zero-order valence-corrected chi connectivity index (χ0v) is 15.7. The minimum atomic E-state index is -0.0981. The van der Waals surface area contributed by atoms with E-state index in [2.05, 4.69) is 39.8 Å². The molecule has 1 amide bonds. The van der Waals surface area contributed by atoms with Crippen molar-refractivity contribution < 1.29 is 4.79 Å². The van der Waals surface area contributed by atoms with Gasteiger partial charge in [-0.2, -0.15) is 4.98 Å². The number of carbonyl (C=O) groups excluding carboxylic acids is 1. The Hall–Kier alpha value is -3.41. The van der Waals surface area contributed by atoms with Crippen molar-refractivity contribution in [3.05, 3.63) is 60.7 Å². The Morgan fingerprint density at radius 1 is 0.926 bits per heavy atom. The molecule has 3 N–H and O–H groups in total. The molecule has 6 heteroatoms. The highest BCUT2D eigenvalue weighted by Crippen LogP contribution is 2.24. The Balaban J connectivity index is 1.88. The summed E-state index contributed by atoms with van der Waals surface area (Å²) in [6, 6.07) is 19.6. The van der Waals surface area contributed by atoms with Crippen LogP contribution in [0.3, 0.4) is 0 Å². The van der Waals surface area contributed by atoms with Gasteiger partial charge in [0.1, 0.15) is 5.82 Å². The van der Waals surface area contributed by atoms with E-state index in [4.69, 9.17) is 0 Å². The molecule has 0 spiro atoms. The summed E-state index contributed by atoms with van der Waals surface area (Å²) in [4.78, 5) is 20.3. The lowest BCUT2D eigenvalue weighted by atomic mass is 10.1. The average molecular weight is 361 g/mol. The van der Waals surface area contributed by atoms with E-state index in [1.54, 1.807) is 0 Å². The summed E-state index contributed by atoms with van der Waals surface area (Å²) in [6.45, 7) is 5.62. The van der Waals surface area contributed by atoms with Crippen LogP contribution in [0.15, 0.2) is 60.7 Å². The molecule has 0 radical (unpaired) electrons. The Morgan fingerprint density at radius 3 is 2.22 bits per heavy atom. The number of hydrogen-bond acceptors (Lipinski definition) is 5. The number of rotatable bonds is 6. The Labute approximate surface area is 159 Å². The second-order valence-electron chi connectivity index (χ2n) is 6.51. The molecule has 0 atom stereocenters. The van der Waals surface area contributed by atoms with E-state index in [9.17, 15) is 4.79 Å². The molecule has 0 aliphatic carbocycles. The first kappa shape index (κ1) is 18.4. The lowest BCUT2D eigenvalue weighted by Crippen LogP contribution is -2.12. The van der Waals surface area contributed by atoms with E-state index >= 15 is 0 Å². The second kappa shape index (κ2) is 8.31. The molecule has 0 saturated carbocycles. The predicted octanol–water partition coefficient (Wildman–Crippen LogP) is 4.67. The SMILES string of the molecule is CC(=O)Nc1ccc(Nc2nc(NC(C)C)cc(-c3ccccc3)n2)cc1. The van der Waals surface area contributed by atoms with Gasteiger partial charge in [-0.1, -0.05) is 30.3 Å². The first-order valence-electron chi connectivity index (χ1n) is 8.85. The van der Waals surface area contributed by atoms with Crippen molar-refractivity contribution in [3.8, 4) is 11.3 Å². The molecule has 0 fully saturated rings. The van der Waals surface area contributed by atoms with Gasteiger partial charge in [0, 0.05) is 36.0 Å². The molecule has 1 aromatic heterocycles.